The molecule has 6 atom stereocenters. The van der Waals surface area contributed by atoms with Gasteiger partial charge < -0.3 is 30.3 Å². The molecule has 1 radical (unpaired) electrons. The van der Waals surface area contributed by atoms with Gasteiger partial charge in [-0.05, 0) is 70.7 Å². The van der Waals surface area contributed by atoms with E-state index in [1.807, 2.05) is 27.8 Å². The summed E-state index contributed by atoms with van der Waals surface area (Å²) >= 11 is 0. The molecule has 0 aliphatic carbocycles. The number of piperazine rings is 1. The molecule has 1 fully saturated rings. The topological polar surface area (TPSA) is 147 Å². The van der Waals surface area contributed by atoms with E-state index in [4.69, 9.17) is 9.47 Å². The van der Waals surface area contributed by atoms with E-state index >= 15 is 0 Å². The second-order valence-electron chi connectivity index (χ2n) is 12.6. The van der Waals surface area contributed by atoms with Crippen LogP contribution in [0, 0.1) is 76.2 Å². The number of hydrogen-bond acceptors (Lipinski definition) is 9. The number of benzene rings is 2. The normalized spacial score (nSPS) is 25.1. The van der Waals surface area contributed by atoms with Crippen LogP contribution in [0.15, 0.2) is 6.07 Å². The smallest absolute Gasteiger partial charge is 0.242 e. The van der Waals surface area contributed by atoms with Crippen LogP contribution in [-0.4, -0.2) is 76.4 Å². The van der Waals surface area contributed by atoms with Gasteiger partial charge in [-0.1, -0.05) is 13.0 Å². The van der Waals surface area contributed by atoms with Crippen molar-refractivity contribution >= 4 is 11.8 Å². The number of phenolic OH excluding ortho intramolecular Hbond substituents is 2. The molecule has 4 aliphatic rings. The van der Waals surface area contributed by atoms with Crippen molar-refractivity contribution in [2.24, 2.45) is 0 Å². The minimum absolute atomic E-state index is 0. The number of nitrogens with zero attached hydrogens (tertiary/aromatic N) is 3. The average Bonchev–Trinajstić information content (AvgIpc) is 3.48. The molecule has 45 heavy (non-hydrogen) atoms. The van der Waals surface area contributed by atoms with Gasteiger partial charge in [-0.3, -0.25) is 19.4 Å². The maximum atomic E-state index is 13.3. The molecule has 2 aromatic rings. The fourth-order valence-electron chi connectivity index (χ4n) is 7.86. The minimum Gasteiger partial charge on any atom is -0.507 e. The van der Waals surface area contributed by atoms with Crippen molar-refractivity contribution in [3.05, 3.63) is 45.0 Å². The number of phenols is 2. The quantitative estimate of drug-likeness (QED) is 0.346. The SMILES string of the molecule is CCCC(=O)N[C@@H](C)C(=O)NC[C@H]1c2c(c(O)c(C)c3c2OCO3)CC2C3c4c(cc(C)c(C)c4O)C[C@@H]([C@H](C#N)N21)N3C.[Ac]. The molecular formula is C33H41AcN5O6. The van der Waals surface area contributed by atoms with Gasteiger partial charge in [-0.25, -0.2) is 0 Å². The van der Waals surface area contributed by atoms with Crippen molar-refractivity contribution in [2.75, 3.05) is 20.4 Å². The van der Waals surface area contributed by atoms with E-state index < -0.39 is 18.1 Å². The number of likely N-dealkylation sites (N-methyl/N-ethyl adjacent to an activating group) is 1. The number of aryl methyl sites for hydroxylation is 1. The Morgan fingerprint density at radius 3 is 2.49 bits per heavy atom. The van der Waals surface area contributed by atoms with Gasteiger partial charge in [-0.15, -0.1) is 0 Å². The number of rotatable bonds is 6. The maximum Gasteiger partial charge on any atom is 0.242 e. The Hall–Kier alpha value is -2.57. The predicted octanol–water partition coefficient (Wildman–Crippen LogP) is 2.94. The van der Waals surface area contributed by atoms with Crippen LogP contribution in [0.5, 0.6) is 23.0 Å². The zero-order valence-electron chi connectivity index (χ0n) is 26.7. The summed E-state index contributed by atoms with van der Waals surface area (Å²) in [6, 6.07) is 2.10. The van der Waals surface area contributed by atoms with Crippen molar-refractivity contribution in [1.82, 2.24) is 20.4 Å². The Balaban J connectivity index is 0.00000400. The Labute approximate surface area is 299 Å². The van der Waals surface area contributed by atoms with Gasteiger partial charge in [0.15, 0.2) is 11.5 Å². The van der Waals surface area contributed by atoms with Gasteiger partial charge in [0.25, 0.3) is 0 Å². The van der Waals surface area contributed by atoms with E-state index in [0.29, 0.717) is 53.9 Å². The zero-order valence-corrected chi connectivity index (χ0v) is 31.5. The van der Waals surface area contributed by atoms with Gasteiger partial charge in [0.1, 0.15) is 23.6 Å². The molecule has 0 spiro atoms. The van der Waals surface area contributed by atoms with Crippen LogP contribution in [-0.2, 0) is 22.4 Å². The molecule has 2 bridgehead atoms. The van der Waals surface area contributed by atoms with Gasteiger partial charge in [0.05, 0.1) is 18.2 Å². The molecule has 12 heteroatoms. The molecule has 4 N–H and O–H groups in total. The summed E-state index contributed by atoms with van der Waals surface area (Å²) < 4.78 is 11.8. The third-order valence-electron chi connectivity index (χ3n) is 10.2. The molecule has 1 saturated heterocycles. The number of amides is 2. The summed E-state index contributed by atoms with van der Waals surface area (Å²) in [5, 5.41) is 39.6. The number of fused-ring (bicyclic) bond motifs is 9. The molecule has 0 saturated carbocycles. The third kappa shape index (κ3) is 5.38. The van der Waals surface area contributed by atoms with Crippen molar-refractivity contribution in [1.29, 1.82) is 5.26 Å². The number of ether oxygens (including phenoxy) is 2. The van der Waals surface area contributed by atoms with E-state index in [1.165, 1.54) is 0 Å². The van der Waals surface area contributed by atoms with Gasteiger partial charge in [-0.2, -0.15) is 5.26 Å². The van der Waals surface area contributed by atoms with Crippen LogP contribution in [0.25, 0.3) is 0 Å². The standard InChI is InChI=1S/C33H41N5O6.Ac/c1-7-8-25(39)36-18(5)33(42)35-13-24-27-20(29(40)17(4)31-32(27)44-14-43-31)11-22-28-26-19(9-15(2)16(3)30(26)41)10-21(37(28)6)23(12-34)38(22)24;/h9,18,21-24,28,40-41H,7-8,10-11,13-14H2,1-6H3,(H,35,42)(H,36,39);/t18-,21-,22?,23-,24-,28?;/m0./s1. The fourth-order valence-corrected chi connectivity index (χ4v) is 7.86. The van der Waals surface area contributed by atoms with E-state index in [0.717, 1.165) is 22.3 Å². The number of hydrogen-bond donors (Lipinski definition) is 4. The van der Waals surface area contributed by atoms with Crippen molar-refractivity contribution in [3.8, 4) is 29.1 Å². The average molecular weight is 831 g/mol. The first-order valence-electron chi connectivity index (χ1n) is 15.4. The second-order valence-corrected chi connectivity index (χ2v) is 12.6. The number of nitriles is 1. The Kier molecular flexibility index (Phi) is 9.69. The first-order chi connectivity index (χ1) is 21.0. The van der Waals surface area contributed by atoms with Crippen molar-refractivity contribution < 1.29 is 73.3 Å². The molecule has 2 unspecified atom stereocenters. The van der Waals surface area contributed by atoms with E-state index in [-0.39, 0.29) is 98.8 Å². The molecule has 2 amide bonds. The minimum atomic E-state index is -0.752. The number of carbonyl (C=O) groups is 2. The van der Waals surface area contributed by atoms with Gasteiger partial charge >= 0.3 is 0 Å². The van der Waals surface area contributed by atoms with E-state index in [1.54, 1.807) is 13.8 Å². The molecule has 2 aromatic carbocycles. The summed E-state index contributed by atoms with van der Waals surface area (Å²) in [6.45, 7) is 9.37. The summed E-state index contributed by atoms with van der Waals surface area (Å²) in [5.41, 5.74) is 5.70. The summed E-state index contributed by atoms with van der Waals surface area (Å²) in [4.78, 5) is 29.8. The second kappa shape index (κ2) is 12.9. The van der Waals surface area contributed by atoms with Crippen molar-refractivity contribution in [3.63, 3.8) is 0 Å². The zero-order chi connectivity index (χ0) is 31.6. The molecule has 4 aliphatic heterocycles. The number of carbonyl (C=O) groups excluding carboxylic acids is 2. The fraction of sp³-hybridized carbons (Fsp3) is 0.545. The van der Waals surface area contributed by atoms with Crippen molar-refractivity contribution in [2.45, 2.75) is 96.6 Å². The van der Waals surface area contributed by atoms with Gasteiger partial charge in [0.2, 0.25) is 18.6 Å². The Morgan fingerprint density at radius 2 is 1.80 bits per heavy atom. The van der Waals surface area contributed by atoms with Gasteiger partial charge in [0, 0.05) is 91.4 Å². The Morgan fingerprint density at radius 1 is 1.09 bits per heavy atom. The van der Waals surface area contributed by atoms with Crippen LogP contribution in [0.2, 0.25) is 0 Å². The summed E-state index contributed by atoms with van der Waals surface area (Å²) in [6.07, 6.45) is 1.99. The predicted molar refractivity (Wildman–Crippen MR) is 162 cm³/mol. The third-order valence-corrected chi connectivity index (χ3v) is 10.2. The summed E-state index contributed by atoms with van der Waals surface area (Å²) in [7, 11) is 2.01. The van der Waals surface area contributed by atoms with Crippen LogP contribution in [0.1, 0.15) is 77.7 Å². The molecule has 6 rings (SSSR count). The van der Waals surface area contributed by atoms with Crippen LogP contribution < -0.4 is 20.1 Å². The molecule has 11 nitrogen and oxygen atoms in total. The molecular weight excluding hydrogens is 789 g/mol. The number of aromatic hydroxyl groups is 2. The first kappa shape index (κ1) is 33.8. The first-order valence-corrected chi connectivity index (χ1v) is 15.4. The monoisotopic (exact) mass is 830 g/mol. The van der Waals surface area contributed by atoms with E-state index in [2.05, 4.69) is 32.6 Å². The molecule has 0 aromatic heterocycles. The van der Waals surface area contributed by atoms with Crippen LogP contribution in [0.3, 0.4) is 0 Å². The largest absolute Gasteiger partial charge is 0.507 e. The maximum absolute atomic E-state index is 13.3. The number of nitrogens with one attached hydrogen (secondary N) is 2. The molecule has 237 valence electrons. The molecule has 4 heterocycles. The van der Waals surface area contributed by atoms with Crippen LogP contribution >= 0.6 is 0 Å². The Bertz CT molecular complexity index is 1590. The van der Waals surface area contributed by atoms with Crippen LogP contribution in [0.4, 0.5) is 0 Å². The summed E-state index contributed by atoms with van der Waals surface area (Å²) in [5.74, 6) is 0.826. The van der Waals surface area contributed by atoms with E-state index in [9.17, 15) is 25.1 Å².